The number of hydrogen-bond donors (Lipinski definition) is 2. The second-order valence-corrected chi connectivity index (χ2v) is 11.4. The lowest BCUT2D eigenvalue weighted by Crippen LogP contribution is -2.38. The first-order valence-corrected chi connectivity index (χ1v) is 13.7. The molecule has 0 saturated carbocycles. The maximum absolute atomic E-state index is 13.2. The number of sulfonamides is 1. The standard InChI is InChI=1S/C25H30ClN3O5S/c1-17-10-12-29(13-11-17)35(32,33)19-8-9-22(26)21(15-19)25(31)28-23-7-3-2-6-20(23)24(30)27-16-18-5-4-14-34-18/h2-3,6-9,15,17-18H,4-5,10-14,16H2,1H3,(H,27,30)(H,28,31)/t18-/m1/s1. The third-order valence-corrected chi connectivity index (χ3v) is 8.72. The predicted octanol–water partition coefficient (Wildman–Crippen LogP) is 3.92. The largest absolute Gasteiger partial charge is 0.376 e. The van der Waals surface area contributed by atoms with Gasteiger partial charge in [0.2, 0.25) is 10.0 Å². The third-order valence-electron chi connectivity index (χ3n) is 6.50. The van der Waals surface area contributed by atoms with E-state index in [-0.39, 0.29) is 27.5 Å². The molecule has 2 amide bonds. The predicted molar refractivity (Wildman–Crippen MR) is 134 cm³/mol. The maximum Gasteiger partial charge on any atom is 0.257 e. The number of ether oxygens (including phenoxy) is 1. The number of halogens is 1. The number of carbonyl (C=O) groups excluding carboxylic acids is 2. The van der Waals surface area contributed by atoms with Crippen molar-refractivity contribution in [2.75, 3.05) is 31.6 Å². The molecule has 188 valence electrons. The molecule has 0 radical (unpaired) electrons. The zero-order valence-corrected chi connectivity index (χ0v) is 21.2. The van der Waals surface area contributed by atoms with Gasteiger partial charge >= 0.3 is 0 Å². The lowest BCUT2D eigenvalue weighted by atomic mass is 10.0. The molecule has 4 rings (SSSR count). The fraction of sp³-hybridized carbons (Fsp3) is 0.440. The van der Waals surface area contributed by atoms with E-state index in [4.69, 9.17) is 16.3 Å². The minimum atomic E-state index is -3.75. The van der Waals surface area contributed by atoms with Crippen LogP contribution in [0.15, 0.2) is 47.4 Å². The Hall–Kier alpha value is -2.46. The van der Waals surface area contributed by atoms with Gasteiger partial charge in [0, 0.05) is 26.2 Å². The quantitative estimate of drug-likeness (QED) is 0.577. The van der Waals surface area contributed by atoms with Crippen molar-refractivity contribution >= 4 is 39.1 Å². The second kappa shape index (κ2) is 11.1. The molecule has 0 aromatic heterocycles. The molecule has 2 aliphatic heterocycles. The van der Waals surface area contributed by atoms with E-state index >= 15 is 0 Å². The highest BCUT2D eigenvalue weighted by Gasteiger charge is 2.29. The van der Waals surface area contributed by atoms with Gasteiger partial charge in [0.25, 0.3) is 11.8 Å². The first-order valence-electron chi connectivity index (χ1n) is 11.9. The van der Waals surface area contributed by atoms with Crippen LogP contribution in [0.4, 0.5) is 5.69 Å². The molecule has 10 heteroatoms. The Labute approximate surface area is 211 Å². The Morgan fingerprint density at radius 1 is 1.06 bits per heavy atom. The van der Waals surface area contributed by atoms with Crippen LogP contribution in [-0.4, -0.2) is 56.9 Å². The SMILES string of the molecule is CC1CCN(S(=O)(=O)c2ccc(Cl)c(C(=O)Nc3ccccc3C(=O)NC[C@H]3CCCO3)c2)CC1. The van der Waals surface area contributed by atoms with Gasteiger partial charge in [-0.3, -0.25) is 9.59 Å². The van der Waals surface area contributed by atoms with Crippen molar-refractivity contribution in [2.45, 2.75) is 43.6 Å². The molecule has 1 atom stereocenters. The van der Waals surface area contributed by atoms with Gasteiger partial charge in [-0.2, -0.15) is 4.31 Å². The van der Waals surface area contributed by atoms with Crippen molar-refractivity contribution < 1.29 is 22.7 Å². The molecule has 2 aliphatic rings. The van der Waals surface area contributed by atoms with Crippen LogP contribution in [0.2, 0.25) is 5.02 Å². The highest BCUT2D eigenvalue weighted by atomic mass is 35.5. The minimum absolute atomic E-state index is 0.00712. The van der Waals surface area contributed by atoms with Gasteiger partial charge in [-0.15, -0.1) is 0 Å². The van der Waals surface area contributed by atoms with Crippen LogP contribution in [0.25, 0.3) is 0 Å². The Morgan fingerprint density at radius 2 is 1.80 bits per heavy atom. The van der Waals surface area contributed by atoms with Crippen LogP contribution in [-0.2, 0) is 14.8 Å². The van der Waals surface area contributed by atoms with Gasteiger partial charge in [-0.05, 0) is 61.9 Å². The summed E-state index contributed by atoms with van der Waals surface area (Å²) in [6, 6.07) is 10.8. The number of para-hydroxylation sites is 1. The molecule has 2 aromatic carbocycles. The molecule has 0 unspecified atom stereocenters. The highest BCUT2D eigenvalue weighted by Crippen LogP contribution is 2.27. The Morgan fingerprint density at radius 3 is 2.51 bits per heavy atom. The van der Waals surface area contributed by atoms with E-state index in [9.17, 15) is 18.0 Å². The van der Waals surface area contributed by atoms with Crippen LogP contribution in [0, 0.1) is 5.92 Å². The summed E-state index contributed by atoms with van der Waals surface area (Å²) in [4.78, 5) is 25.9. The number of rotatable bonds is 7. The minimum Gasteiger partial charge on any atom is -0.376 e. The number of hydrogen-bond acceptors (Lipinski definition) is 5. The average Bonchev–Trinajstić information content (AvgIpc) is 3.37. The number of benzene rings is 2. The molecule has 2 N–H and O–H groups in total. The summed E-state index contributed by atoms with van der Waals surface area (Å²) in [7, 11) is -3.75. The van der Waals surface area contributed by atoms with E-state index in [1.165, 1.54) is 22.5 Å². The van der Waals surface area contributed by atoms with Gasteiger partial charge in [-0.1, -0.05) is 30.7 Å². The second-order valence-electron chi connectivity index (χ2n) is 9.07. The molecule has 0 aliphatic carbocycles. The smallest absolute Gasteiger partial charge is 0.257 e. The van der Waals surface area contributed by atoms with E-state index in [0.717, 1.165) is 25.7 Å². The van der Waals surface area contributed by atoms with E-state index in [1.54, 1.807) is 24.3 Å². The molecule has 0 bridgehead atoms. The zero-order chi connectivity index (χ0) is 25.0. The van der Waals surface area contributed by atoms with Gasteiger partial charge in [0.1, 0.15) is 0 Å². The summed E-state index contributed by atoms with van der Waals surface area (Å²) >= 11 is 6.27. The number of nitrogens with one attached hydrogen (secondary N) is 2. The fourth-order valence-electron chi connectivity index (χ4n) is 4.30. The fourth-order valence-corrected chi connectivity index (χ4v) is 6.00. The van der Waals surface area contributed by atoms with Gasteiger partial charge in [-0.25, -0.2) is 8.42 Å². The van der Waals surface area contributed by atoms with Crippen molar-refractivity contribution in [3.05, 3.63) is 58.6 Å². The summed E-state index contributed by atoms with van der Waals surface area (Å²) < 4.78 is 33.3. The Kier molecular flexibility index (Phi) is 8.11. The molecule has 8 nitrogen and oxygen atoms in total. The average molecular weight is 520 g/mol. The third kappa shape index (κ3) is 6.03. The summed E-state index contributed by atoms with van der Waals surface area (Å²) in [6.07, 6.45) is 3.46. The van der Waals surface area contributed by atoms with E-state index in [0.29, 0.717) is 43.4 Å². The van der Waals surface area contributed by atoms with Crippen LogP contribution in [0.1, 0.15) is 53.3 Å². The number of nitrogens with zero attached hydrogens (tertiary/aromatic N) is 1. The van der Waals surface area contributed by atoms with Crippen LogP contribution < -0.4 is 10.6 Å². The van der Waals surface area contributed by atoms with Crippen molar-refractivity contribution in [2.24, 2.45) is 5.92 Å². The molecule has 0 spiro atoms. The molecule has 2 aromatic rings. The number of anilines is 1. The summed E-state index contributed by atoms with van der Waals surface area (Å²) in [6.45, 7) is 4.08. The zero-order valence-electron chi connectivity index (χ0n) is 19.6. The van der Waals surface area contributed by atoms with Gasteiger partial charge in [0.15, 0.2) is 0 Å². The van der Waals surface area contributed by atoms with Crippen molar-refractivity contribution in [1.82, 2.24) is 9.62 Å². The summed E-state index contributed by atoms with van der Waals surface area (Å²) in [5.41, 5.74) is 0.616. The molecule has 2 fully saturated rings. The van der Waals surface area contributed by atoms with E-state index in [2.05, 4.69) is 17.6 Å². The van der Waals surface area contributed by atoms with Crippen molar-refractivity contribution in [3.63, 3.8) is 0 Å². The lowest BCUT2D eigenvalue weighted by molar-refractivity contribution is 0.0858. The summed E-state index contributed by atoms with van der Waals surface area (Å²) in [5.74, 6) is -0.451. The topological polar surface area (TPSA) is 105 Å². The normalized spacial score (nSPS) is 19.4. The number of amides is 2. The Balaban J connectivity index is 1.51. The Bertz CT molecular complexity index is 1190. The van der Waals surface area contributed by atoms with Crippen molar-refractivity contribution in [1.29, 1.82) is 0 Å². The van der Waals surface area contributed by atoms with Crippen molar-refractivity contribution in [3.8, 4) is 0 Å². The van der Waals surface area contributed by atoms with E-state index in [1.807, 2.05) is 0 Å². The monoisotopic (exact) mass is 519 g/mol. The number of piperidine rings is 1. The first-order chi connectivity index (χ1) is 16.8. The van der Waals surface area contributed by atoms with Gasteiger partial charge < -0.3 is 15.4 Å². The van der Waals surface area contributed by atoms with Gasteiger partial charge in [0.05, 0.1) is 32.8 Å². The van der Waals surface area contributed by atoms with Crippen LogP contribution in [0.3, 0.4) is 0 Å². The molecule has 2 saturated heterocycles. The lowest BCUT2D eigenvalue weighted by Gasteiger charge is -2.29. The number of carbonyl (C=O) groups is 2. The van der Waals surface area contributed by atoms with Crippen LogP contribution >= 0.6 is 11.6 Å². The first kappa shape index (κ1) is 25.6. The molecular weight excluding hydrogens is 490 g/mol. The van der Waals surface area contributed by atoms with E-state index < -0.39 is 15.9 Å². The molecule has 2 heterocycles. The molecule has 35 heavy (non-hydrogen) atoms. The maximum atomic E-state index is 13.2. The molecular formula is C25H30ClN3O5S. The van der Waals surface area contributed by atoms with Crippen LogP contribution in [0.5, 0.6) is 0 Å². The highest BCUT2D eigenvalue weighted by molar-refractivity contribution is 7.89. The summed E-state index contributed by atoms with van der Waals surface area (Å²) in [5, 5.41) is 5.68.